The summed E-state index contributed by atoms with van der Waals surface area (Å²) in [7, 11) is -3.07. The Hall–Kier alpha value is -0.210. The van der Waals surface area contributed by atoms with Crippen molar-refractivity contribution in [1.29, 1.82) is 0 Å². The van der Waals surface area contributed by atoms with E-state index in [0.717, 1.165) is 103 Å². The van der Waals surface area contributed by atoms with E-state index >= 15 is 0 Å². The zero-order chi connectivity index (χ0) is 21.8. The Labute approximate surface area is 189 Å². The molecule has 0 heterocycles. The Morgan fingerprint density at radius 3 is 1.26 bits per heavy atom. The summed E-state index contributed by atoms with van der Waals surface area (Å²) in [6.07, 6.45) is 16.1. The first-order chi connectivity index (χ1) is 14.9. The van der Waals surface area contributed by atoms with E-state index in [1.165, 1.54) is 0 Å². The van der Waals surface area contributed by atoms with Gasteiger partial charge in [0, 0.05) is 12.1 Å². The molecule has 0 saturated heterocycles. The monoisotopic (exact) mass is 456 g/mol. The van der Waals surface area contributed by atoms with Gasteiger partial charge in [-0.05, 0) is 103 Å². The van der Waals surface area contributed by atoms with Crippen molar-refractivity contribution in [2.75, 3.05) is 0 Å². The van der Waals surface area contributed by atoms with Crippen LogP contribution in [-0.4, -0.2) is 55.4 Å². The first kappa shape index (κ1) is 23.9. The third-order valence-corrected chi connectivity index (χ3v) is 11.1. The van der Waals surface area contributed by atoms with Crippen molar-refractivity contribution in [2.24, 2.45) is 11.5 Å². The molecule has 0 aliphatic heterocycles. The highest BCUT2D eigenvalue weighted by atomic mass is 32.2. The van der Waals surface area contributed by atoms with Crippen LogP contribution < -0.4 is 11.5 Å². The normalized spacial score (nSPS) is 42.9. The summed E-state index contributed by atoms with van der Waals surface area (Å²) in [5.41, 5.74) is 12.2. The molecule has 0 bridgehead atoms. The minimum Gasteiger partial charge on any atom is -0.375 e. The Morgan fingerprint density at radius 1 is 0.516 bits per heavy atom. The van der Waals surface area contributed by atoms with E-state index in [1.54, 1.807) is 0 Å². The Morgan fingerprint density at radius 2 is 0.903 bits per heavy atom. The summed E-state index contributed by atoms with van der Waals surface area (Å²) in [6.45, 7) is 0. The maximum Gasteiger partial charge on any atom is 0.156 e. The van der Waals surface area contributed by atoms with Crippen LogP contribution in [0.4, 0.5) is 0 Å². The minimum absolute atomic E-state index is 0.181. The number of ether oxygens (including phenoxy) is 2. The highest BCUT2D eigenvalue weighted by molar-refractivity contribution is 7.92. The molecule has 4 atom stereocenters. The Bertz CT molecular complexity index is 606. The summed E-state index contributed by atoms with van der Waals surface area (Å²) in [6, 6.07) is 0.536. The van der Waals surface area contributed by atoms with Crippen LogP contribution in [0.3, 0.4) is 0 Å². The molecule has 4 unspecified atom stereocenters. The number of hydrogen-bond acceptors (Lipinski definition) is 6. The minimum atomic E-state index is -3.07. The Kier molecular flexibility index (Phi) is 8.35. The summed E-state index contributed by atoms with van der Waals surface area (Å²) in [5.74, 6) is 0. The molecule has 31 heavy (non-hydrogen) atoms. The van der Waals surface area contributed by atoms with E-state index in [0.29, 0.717) is 0 Å². The van der Waals surface area contributed by atoms with Gasteiger partial charge in [-0.3, -0.25) is 0 Å². The highest BCUT2D eigenvalue weighted by Gasteiger charge is 2.39. The van der Waals surface area contributed by atoms with Crippen LogP contribution in [0.2, 0.25) is 0 Å². The van der Waals surface area contributed by atoms with Crippen LogP contribution in [0.1, 0.15) is 103 Å². The molecule has 180 valence electrons. The second-order valence-corrected chi connectivity index (χ2v) is 13.3. The molecule has 4 rings (SSSR count). The zero-order valence-electron chi connectivity index (χ0n) is 19.1. The molecule has 0 aromatic carbocycles. The van der Waals surface area contributed by atoms with Crippen LogP contribution in [-0.2, 0) is 19.3 Å². The van der Waals surface area contributed by atoms with Gasteiger partial charge >= 0.3 is 0 Å². The maximum atomic E-state index is 13.3. The van der Waals surface area contributed by atoms with Crippen LogP contribution in [0.25, 0.3) is 0 Å². The molecule has 0 aromatic heterocycles. The first-order valence-electron chi connectivity index (χ1n) is 12.9. The third-order valence-electron chi connectivity index (χ3n) is 8.27. The fourth-order valence-electron chi connectivity index (χ4n) is 6.42. The first-order valence-corrected chi connectivity index (χ1v) is 14.6. The number of nitrogens with two attached hydrogens (primary N) is 2. The van der Waals surface area contributed by atoms with E-state index in [-0.39, 0.29) is 47.0 Å². The molecule has 7 heteroatoms. The number of rotatable bonds is 6. The van der Waals surface area contributed by atoms with E-state index in [2.05, 4.69) is 0 Å². The smallest absolute Gasteiger partial charge is 0.156 e. The molecule has 0 radical (unpaired) electrons. The van der Waals surface area contributed by atoms with E-state index < -0.39 is 9.84 Å². The number of sulfone groups is 1. The van der Waals surface area contributed by atoms with E-state index in [1.807, 2.05) is 0 Å². The van der Waals surface area contributed by atoms with Gasteiger partial charge in [-0.1, -0.05) is 0 Å². The molecular weight excluding hydrogens is 412 g/mol. The second kappa shape index (κ2) is 10.8. The molecule has 4 N–H and O–H groups in total. The lowest BCUT2D eigenvalue weighted by molar-refractivity contribution is -0.0483. The number of hydrogen-bond donors (Lipinski definition) is 2. The van der Waals surface area contributed by atoms with Crippen molar-refractivity contribution in [1.82, 2.24) is 0 Å². The standard InChI is InChI=1S/C24H44N2O4S/c25-17-3-1-5-21(15-17)29-19-7-11-23(12-8-19)31(27,28)24-13-9-20(10-14-24)30-22-6-2-4-18(26)16-22/h17-24H,1-16,25-26H2. The molecule has 4 aliphatic rings. The molecule has 4 fully saturated rings. The second-order valence-electron chi connectivity index (χ2n) is 10.8. The molecule has 0 amide bonds. The average Bonchev–Trinajstić information content (AvgIpc) is 2.75. The van der Waals surface area contributed by atoms with Gasteiger partial charge in [0.15, 0.2) is 9.84 Å². The Balaban J connectivity index is 1.20. The molecule has 0 aromatic rings. The van der Waals surface area contributed by atoms with Crippen molar-refractivity contribution in [2.45, 2.75) is 150 Å². The van der Waals surface area contributed by atoms with Gasteiger partial charge in [-0.15, -0.1) is 0 Å². The van der Waals surface area contributed by atoms with Crippen LogP contribution in [0.5, 0.6) is 0 Å². The molecule has 4 aliphatic carbocycles. The van der Waals surface area contributed by atoms with Crippen LogP contribution in [0.15, 0.2) is 0 Å². The summed E-state index contributed by atoms with van der Waals surface area (Å²) < 4.78 is 39.2. The largest absolute Gasteiger partial charge is 0.375 e. The highest BCUT2D eigenvalue weighted by Crippen LogP contribution is 2.36. The van der Waals surface area contributed by atoms with Crippen LogP contribution >= 0.6 is 0 Å². The molecular formula is C24H44N2O4S. The van der Waals surface area contributed by atoms with E-state index in [9.17, 15) is 8.42 Å². The fourth-order valence-corrected chi connectivity index (χ4v) is 8.82. The van der Waals surface area contributed by atoms with Gasteiger partial charge in [-0.2, -0.15) is 0 Å². The van der Waals surface area contributed by atoms with Gasteiger partial charge in [-0.25, -0.2) is 8.42 Å². The van der Waals surface area contributed by atoms with Gasteiger partial charge < -0.3 is 20.9 Å². The van der Waals surface area contributed by atoms with Crippen molar-refractivity contribution in [3.8, 4) is 0 Å². The van der Waals surface area contributed by atoms with Gasteiger partial charge in [0.2, 0.25) is 0 Å². The van der Waals surface area contributed by atoms with Gasteiger partial charge in [0.1, 0.15) is 0 Å². The molecule has 6 nitrogen and oxygen atoms in total. The third kappa shape index (κ3) is 6.44. The quantitative estimate of drug-likeness (QED) is 0.633. The van der Waals surface area contributed by atoms with E-state index in [4.69, 9.17) is 20.9 Å². The lowest BCUT2D eigenvalue weighted by atomic mass is 9.92. The van der Waals surface area contributed by atoms with Crippen molar-refractivity contribution >= 4 is 9.84 Å². The summed E-state index contributed by atoms with van der Waals surface area (Å²) >= 11 is 0. The SMILES string of the molecule is NC1CCCC(OC2CCC(S(=O)(=O)C3CCC(OC4CCCC(N)C4)CC3)CC2)C1. The van der Waals surface area contributed by atoms with Crippen LogP contribution in [0, 0.1) is 0 Å². The lowest BCUT2D eigenvalue weighted by Crippen LogP contribution is -2.41. The molecule has 4 saturated carbocycles. The fraction of sp³-hybridized carbons (Fsp3) is 1.00. The maximum absolute atomic E-state index is 13.3. The van der Waals surface area contributed by atoms with Crippen molar-refractivity contribution < 1.29 is 17.9 Å². The van der Waals surface area contributed by atoms with Crippen molar-refractivity contribution in [3.05, 3.63) is 0 Å². The van der Waals surface area contributed by atoms with Gasteiger partial charge in [0.05, 0.1) is 34.9 Å². The zero-order valence-corrected chi connectivity index (χ0v) is 19.9. The topological polar surface area (TPSA) is 105 Å². The molecule has 0 spiro atoms. The summed E-state index contributed by atoms with van der Waals surface area (Å²) in [5, 5.41) is -0.362. The predicted octanol–water partition coefficient (Wildman–Crippen LogP) is 3.60. The van der Waals surface area contributed by atoms with Gasteiger partial charge in [0.25, 0.3) is 0 Å². The average molecular weight is 457 g/mol. The lowest BCUT2D eigenvalue weighted by Gasteiger charge is -2.37. The summed E-state index contributed by atoms with van der Waals surface area (Å²) in [4.78, 5) is 0. The van der Waals surface area contributed by atoms with Crippen molar-refractivity contribution in [3.63, 3.8) is 0 Å². The predicted molar refractivity (Wildman–Crippen MR) is 124 cm³/mol.